The minimum atomic E-state index is 0.156. The number of hydrogen-bond acceptors (Lipinski definition) is 4. The van der Waals surface area contributed by atoms with Gasteiger partial charge in [-0.1, -0.05) is 35.3 Å². The molecular formula is C12H10Cl2N2O2. The number of hydrogen-bond donors (Lipinski definition) is 0. The van der Waals surface area contributed by atoms with Crippen molar-refractivity contribution in [1.29, 1.82) is 0 Å². The fourth-order valence-corrected chi connectivity index (χ4v) is 1.71. The quantitative estimate of drug-likeness (QED) is 0.808. The highest BCUT2D eigenvalue weighted by Gasteiger charge is 2.03. The van der Waals surface area contributed by atoms with Crippen LogP contribution in [0, 0.1) is 0 Å². The number of methoxy groups -OCH3 is 1. The summed E-state index contributed by atoms with van der Waals surface area (Å²) >= 11 is 11.5. The van der Waals surface area contributed by atoms with Crippen molar-refractivity contribution in [2.24, 2.45) is 0 Å². The molecule has 0 unspecified atom stereocenters. The molecule has 0 bridgehead atoms. The number of aromatic nitrogens is 2. The lowest BCUT2D eigenvalue weighted by molar-refractivity contribution is 0.280. The van der Waals surface area contributed by atoms with E-state index in [1.165, 1.54) is 6.07 Å². The van der Waals surface area contributed by atoms with Gasteiger partial charge in [0, 0.05) is 6.07 Å². The van der Waals surface area contributed by atoms with Crippen LogP contribution in [0.15, 0.2) is 30.3 Å². The van der Waals surface area contributed by atoms with E-state index in [0.717, 1.165) is 11.3 Å². The molecule has 0 saturated carbocycles. The van der Waals surface area contributed by atoms with Gasteiger partial charge in [0.15, 0.2) is 0 Å². The van der Waals surface area contributed by atoms with Crippen LogP contribution in [0.4, 0.5) is 0 Å². The minimum Gasteiger partial charge on any atom is -0.497 e. The van der Waals surface area contributed by atoms with E-state index in [-0.39, 0.29) is 16.3 Å². The molecule has 2 rings (SSSR count). The fraction of sp³-hybridized carbons (Fsp3) is 0.167. The van der Waals surface area contributed by atoms with Gasteiger partial charge < -0.3 is 9.47 Å². The topological polar surface area (TPSA) is 44.2 Å². The van der Waals surface area contributed by atoms with Gasteiger partial charge in [0.25, 0.3) is 0 Å². The SMILES string of the molecule is COc1ccc(COc2nc(Cl)cc(Cl)n2)cc1. The van der Waals surface area contributed by atoms with Crippen molar-refractivity contribution < 1.29 is 9.47 Å². The van der Waals surface area contributed by atoms with E-state index in [9.17, 15) is 0 Å². The third-order valence-electron chi connectivity index (χ3n) is 2.17. The largest absolute Gasteiger partial charge is 0.497 e. The van der Waals surface area contributed by atoms with Crippen molar-refractivity contribution in [2.45, 2.75) is 6.61 Å². The monoisotopic (exact) mass is 284 g/mol. The summed E-state index contributed by atoms with van der Waals surface area (Å²) in [6, 6.07) is 9.09. The maximum absolute atomic E-state index is 5.74. The highest BCUT2D eigenvalue weighted by molar-refractivity contribution is 6.33. The third kappa shape index (κ3) is 3.48. The Kier molecular flexibility index (Phi) is 4.23. The molecule has 0 atom stereocenters. The van der Waals surface area contributed by atoms with E-state index < -0.39 is 0 Å². The fourth-order valence-electron chi connectivity index (χ4n) is 1.30. The average molecular weight is 285 g/mol. The molecule has 0 amide bonds. The molecule has 0 radical (unpaired) electrons. The highest BCUT2D eigenvalue weighted by atomic mass is 35.5. The molecular weight excluding hydrogens is 275 g/mol. The molecule has 2 aromatic rings. The zero-order valence-electron chi connectivity index (χ0n) is 9.56. The van der Waals surface area contributed by atoms with Crippen molar-refractivity contribution in [3.63, 3.8) is 0 Å². The second-order valence-electron chi connectivity index (χ2n) is 3.43. The van der Waals surface area contributed by atoms with Gasteiger partial charge in [0.05, 0.1) is 7.11 Å². The van der Waals surface area contributed by atoms with Gasteiger partial charge in [-0.2, -0.15) is 9.97 Å². The average Bonchev–Trinajstić information content (AvgIpc) is 2.36. The van der Waals surface area contributed by atoms with Gasteiger partial charge in [-0.3, -0.25) is 0 Å². The molecule has 4 nitrogen and oxygen atoms in total. The second-order valence-corrected chi connectivity index (χ2v) is 4.21. The van der Waals surface area contributed by atoms with E-state index in [2.05, 4.69) is 9.97 Å². The molecule has 0 fully saturated rings. The smallest absolute Gasteiger partial charge is 0.319 e. The summed E-state index contributed by atoms with van der Waals surface area (Å²) in [5.74, 6) is 0.792. The third-order valence-corrected chi connectivity index (χ3v) is 2.56. The van der Waals surface area contributed by atoms with Gasteiger partial charge >= 0.3 is 6.01 Å². The predicted octanol–water partition coefficient (Wildman–Crippen LogP) is 3.37. The van der Waals surface area contributed by atoms with Crippen LogP contribution in [-0.4, -0.2) is 17.1 Å². The molecule has 0 N–H and O–H groups in total. The first-order valence-corrected chi connectivity index (χ1v) is 5.89. The zero-order chi connectivity index (χ0) is 13.0. The molecule has 1 aromatic heterocycles. The first-order chi connectivity index (χ1) is 8.67. The Hall–Kier alpha value is -1.52. The maximum atomic E-state index is 5.74. The van der Waals surface area contributed by atoms with E-state index in [0.29, 0.717) is 6.61 Å². The second kappa shape index (κ2) is 5.89. The Morgan fingerprint density at radius 2 is 1.67 bits per heavy atom. The molecule has 94 valence electrons. The summed E-state index contributed by atoms with van der Waals surface area (Å²) in [4.78, 5) is 7.81. The first kappa shape index (κ1) is 12.9. The molecule has 6 heteroatoms. The van der Waals surface area contributed by atoms with Crippen LogP contribution in [0.3, 0.4) is 0 Å². The molecule has 0 aliphatic heterocycles. The van der Waals surface area contributed by atoms with Crippen molar-refractivity contribution >= 4 is 23.2 Å². The molecule has 0 spiro atoms. The standard InChI is InChI=1S/C12H10Cl2N2O2/c1-17-9-4-2-8(3-5-9)7-18-12-15-10(13)6-11(14)16-12/h2-6H,7H2,1H3. The van der Waals surface area contributed by atoms with Crippen molar-refractivity contribution in [3.8, 4) is 11.8 Å². The van der Waals surface area contributed by atoms with Gasteiger partial charge in [-0.25, -0.2) is 0 Å². The summed E-state index contributed by atoms with van der Waals surface area (Å²) in [5.41, 5.74) is 0.968. The van der Waals surface area contributed by atoms with Crippen LogP contribution in [-0.2, 0) is 6.61 Å². The maximum Gasteiger partial charge on any atom is 0.319 e. The van der Waals surface area contributed by atoms with Crippen LogP contribution in [0.5, 0.6) is 11.8 Å². The van der Waals surface area contributed by atoms with Crippen LogP contribution >= 0.6 is 23.2 Å². The van der Waals surface area contributed by atoms with E-state index in [1.54, 1.807) is 7.11 Å². The number of ether oxygens (including phenoxy) is 2. The Labute approximate surface area is 114 Å². The van der Waals surface area contributed by atoms with Gasteiger partial charge in [-0.05, 0) is 17.7 Å². The summed E-state index contributed by atoms with van der Waals surface area (Å²) in [7, 11) is 1.62. The molecule has 1 heterocycles. The lowest BCUT2D eigenvalue weighted by Gasteiger charge is -2.06. The number of benzene rings is 1. The molecule has 0 saturated heterocycles. The Morgan fingerprint density at radius 3 is 2.22 bits per heavy atom. The first-order valence-electron chi connectivity index (χ1n) is 5.13. The van der Waals surface area contributed by atoms with Crippen LogP contribution in [0.25, 0.3) is 0 Å². The number of halogens is 2. The van der Waals surface area contributed by atoms with Crippen LogP contribution < -0.4 is 9.47 Å². The minimum absolute atomic E-state index is 0.156. The lowest BCUT2D eigenvalue weighted by atomic mass is 10.2. The normalized spacial score (nSPS) is 10.2. The Morgan fingerprint density at radius 1 is 1.06 bits per heavy atom. The lowest BCUT2D eigenvalue weighted by Crippen LogP contribution is -1.99. The van der Waals surface area contributed by atoms with E-state index >= 15 is 0 Å². The van der Waals surface area contributed by atoms with Gasteiger partial charge in [-0.15, -0.1) is 0 Å². The van der Waals surface area contributed by atoms with Gasteiger partial charge in [0.1, 0.15) is 22.7 Å². The Balaban J connectivity index is 2.01. The van der Waals surface area contributed by atoms with Crippen LogP contribution in [0.2, 0.25) is 10.3 Å². The highest BCUT2D eigenvalue weighted by Crippen LogP contribution is 2.17. The van der Waals surface area contributed by atoms with Crippen molar-refractivity contribution in [2.75, 3.05) is 7.11 Å². The zero-order valence-corrected chi connectivity index (χ0v) is 11.1. The molecule has 0 aliphatic rings. The van der Waals surface area contributed by atoms with Crippen LogP contribution in [0.1, 0.15) is 5.56 Å². The molecule has 18 heavy (non-hydrogen) atoms. The summed E-state index contributed by atoms with van der Waals surface area (Å²) in [6.45, 7) is 0.334. The Bertz CT molecular complexity index is 512. The summed E-state index contributed by atoms with van der Waals surface area (Å²) < 4.78 is 10.5. The summed E-state index contributed by atoms with van der Waals surface area (Å²) in [6.07, 6.45) is 0. The molecule has 0 aliphatic carbocycles. The van der Waals surface area contributed by atoms with E-state index in [4.69, 9.17) is 32.7 Å². The van der Waals surface area contributed by atoms with E-state index in [1.807, 2.05) is 24.3 Å². The predicted molar refractivity (Wildman–Crippen MR) is 69.4 cm³/mol. The molecule has 1 aromatic carbocycles. The van der Waals surface area contributed by atoms with Crippen molar-refractivity contribution in [1.82, 2.24) is 9.97 Å². The summed E-state index contributed by atoms with van der Waals surface area (Å²) in [5, 5.41) is 0.500. The van der Waals surface area contributed by atoms with Crippen molar-refractivity contribution in [3.05, 3.63) is 46.2 Å². The van der Waals surface area contributed by atoms with Gasteiger partial charge in [0.2, 0.25) is 0 Å². The number of rotatable bonds is 4. The number of nitrogens with zero attached hydrogens (tertiary/aromatic N) is 2.